The van der Waals surface area contributed by atoms with Crippen LogP contribution >= 0.6 is 11.8 Å². The molecule has 0 aliphatic carbocycles. The summed E-state index contributed by atoms with van der Waals surface area (Å²) >= 11 is 1.42. The maximum atomic E-state index is 13.1. The second-order valence-corrected chi connectivity index (χ2v) is 16.0. The van der Waals surface area contributed by atoms with Gasteiger partial charge >= 0.3 is 10.2 Å². The summed E-state index contributed by atoms with van der Waals surface area (Å²) in [5.41, 5.74) is 0.687. The Hall–Kier alpha value is -1.09. The molecule has 8 heteroatoms. The highest BCUT2D eigenvalue weighted by molar-refractivity contribution is 8.00. The third kappa shape index (κ3) is 3.86. The summed E-state index contributed by atoms with van der Waals surface area (Å²) in [5, 5.41) is 0.604. The highest BCUT2D eigenvalue weighted by Gasteiger charge is 2.43. The zero-order valence-electron chi connectivity index (χ0n) is 15.9. The second kappa shape index (κ2) is 6.90. The first-order valence-corrected chi connectivity index (χ1v) is 13.3. The smallest absolute Gasteiger partial charge is 0.245 e. The number of hydrogen-bond donors (Lipinski definition) is 0. The molecule has 0 aliphatic rings. The van der Waals surface area contributed by atoms with Gasteiger partial charge in [-0.1, -0.05) is 63.8 Å². The van der Waals surface area contributed by atoms with Crippen molar-refractivity contribution in [3.63, 3.8) is 0 Å². The maximum Gasteiger partial charge on any atom is 0.309 e. The third-order valence-electron chi connectivity index (χ3n) is 4.78. The minimum absolute atomic E-state index is 0.0212. The van der Waals surface area contributed by atoms with Crippen molar-refractivity contribution in [1.29, 1.82) is 0 Å². The van der Waals surface area contributed by atoms with E-state index in [1.54, 1.807) is 20.3 Å². The maximum absolute atomic E-state index is 13.1. The van der Waals surface area contributed by atoms with E-state index in [0.29, 0.717) is 10.5 Å². The lowest BCUT2D eigenvalue weighted by Crippen LogP contribution is -2.56. The van der Waals surface area contributed by atoms with Gasteiger partial charge in [-0.05, 0) is 17.2 Å². The highest BCUT2D eigenvalue weighted by atomic mass is 32.2. The van der Waals surface area contributed by atoms with Crippen LogP contribution in [0.4, 0.5) is 0 Å². The molecule has 0 spiro atoms. The fourth-order valence-electron chi connectivity index (χ4n) is 2.14. The van der Waals surface area contributed by atoms with Gasteiger partial charge in [-0.15, -0.1) is 0 Å². The molecule has 0 bridgehead atoms. The van der Waals surface area contributed by atoms with E-state index < -0.39 is 18.3 Å². The quantitative estimate of drug-likeness (QED) is 0.726. The average molecular weight is 398 g/mol. The molecule has 1 aromatic heterocycles. The van der Waals surface area contributed by atoms with Gasteiger partial charge in [0.05, 0.1) is 6.20 Å². The van der Waals surface area contributed by atoms with Gasteiger partial charge < -0.3 is 0 Å². The monoisotopic (exact) mass is 397 g/mol. The van der Waals surface area contributed by atoms with Gasteiger partial charge in [-0.3, -0.25) is 0 Å². The van der Waals surface area contributed by atoms with Gasteiger partial charge in [0.1, 0.15) is 18.5 Å². The Morgan fingerprint density at radius 3 is 2.16 bits per heavy atom. The van der Waals surface area contributed by atoms with Crippen LogP contribution in [0.2, 0.25) is 18.1 Å². The summed E-state index contributed by atoms with van der Waals surface area (Å²) < 4.78 is 28.8. The highest BCUT2D eigenvalue weighted by Crippen LogP contribution is 2.37. The van der Waals surface area contributed by atoms with E-state index in [2.05, 4.69) is 38.8 Å². The predicted octanol–water partition coefficient (Wildman–Crippen LogP) is 3.40. The Morgan fingerprint density at radius 2 is 1.68 bits per heavy atom. The first kappa shape index (κ1) is 20.2. The van der Waals surface area contributed by atoms with Gasteiger partial charge in [0.25, 0.3) is 0 Å². The summed E-state index contributed by atoms with van der Waals surface area (Å²) in [4.78, 5) is 5.58. The molecular formula is C17H27N3O2S2Si. The summed E-state index contributed by atoms with van der Waals surface area (Å²) in [6.07, 6.45) is 1.69. The van der Waals surface area contributed by atoms with E-state index in [4.69, 9.17) is 0 Å². The zero-order valence-corrected chi connectivity index (χ0v) is 18.6. The van der Waals surface area contributed by atoms with Crippen LogP contribution in [0.25, 0.3) is 0 Å². The van der Waals surface area contributed by atoms with Gasteiger partial charge in [0.15, 0.2) is 0 Å². The molecule has 0 fully saturated rings. The Morgan fingerprint density at radius 1 is 1.12 bits per heavy atom. The molecule has 2 aromatic rings. The van der Waals surface area contributed by atoms with Crippen LogP contribution in [0.3, 0.4) is 0 Å². The molecule has 0 unspecified atom stereocenters. The number of benzene rings is 1. The Labute approximate surface area is 156 Å². The van der Waals surface area contributed by atoms with Crippen molar-refractivity contribution >= 4 is 35.5 Å². The summed E-state index contributed by atoms with van der Waals surface area (Å²) in [6, 6.07) is 9.77. The van der Waals surface area contributed by atoms with E-state index in [1.807, 2.05) is 30.3 Å². The topological polar surface area (TPSA) is 55.2 Å². The fourth-order valence-corrected chi connectivity index (χ4v) is 7.01. The molecule has 1 heterocycles. The van der Waals surface area contributed by atoms with Crippen LogP contribution in [-0.2, 0) is 10.2 Å². The number of aromatic nitrogens is 2. The van der Waals surface area contributed by atoms with Crippen LogP contribution < -0.4 is 5.45 Å². The summed E-state index contributed by atoms with van der Waals surface area (Å²) in [5.74, 6) is 0. The number of nitrogens with zero attached hydrogens (tertiary/aromatic N) is 3. The van der Waals surface area contributed by atoms with Crippen molar-refractivity contribution in [3.8, 4) is 0 Å². The molecule has 0 saturated heterocycles. The van der Waals surface area contributed by atoms with Crippen molar-refractivity contribution in [1.82, 2.24) is 13.3 Å². The molecular weight excluding hydrogens is 370 g/mol. The molecule has 0 amide bonds. The van der Waals surface area contributed by atoms with Crippen molar-refractivity contribution in [2.75, 3.05) is 14.1 Å². The molecule has 25 heavy (non-hydrogen) atoms. The minimum atomic E-state index is -3.66. The first-order chi connectivity index (χ1) is 11.4. The predicted molar refractivity (Wildman–Crippen MR) is 108 cm³/mol. The van der Waals surface area contributed by atoms with E-state index in [0.717, 1.165) is 4.90 Å². The molecule has 5 nitrogen and oxygen atoms in total. The van der Waals surface area contributed by atoms with Crippen molar-refractivity contribution in [2.24, 2.45) is 0 Å². The molecule has 0 radical (unpaired) electrons. The van der Waals surface area contributed by atoms with E-state index in [9.17, 15) is 8.42 Å². The zero-order chi connectivity index (χ0) is 19.0. The first-order valence-electron chi connectivity index (χ1n) is 8.13. The van der Waals surface area contributed by atoms with Crippen molar-refractivity contribution in [3.05, 3.63) is 36.5 Å². The Balaban J connectivity index is 2.68. The fraction of sp³-hybridized carbons (Fsp3) is 0.471. The van der Waals surface area contributed by atoms with Crippen LogP contribution in [0.1, 0.15) is 20.8 Å². The molecule has 0 saturated carbocycles. The summed E-state index contributed by atoms with van der Waals surface area (Å²) in [6.45, 7) is 10.8. The largest absolute Gasteiger partial charge is 0.309 e. The number of hydrogen-bond acceptors (Lipinski definition) is 4. The average Bonchev–Trinajstić information content (AvgIpc) is 2.92. The molecule has 0 N–H and O–H groups in total. The number of imidazole rings is 1. The SMILES string of the molecule is CN(C)S(=O)(=O)n1c(Sc2ccccc2)cnc1[Si](C)(C)C(C)(C)C. The molecule has 138 valence electrons. The van der Waals surface area contributed by atoms with Crippen LogP contribution in [-0.4, -0.2) is 43.8 Å². The second-order valence-electron chi connectivity index (χ2n) is 7.76. The van der Waals surface area contributed by atoms with Crippen LogP contribution in [0.5, 0.6) is 0 Å². The lowest BCUT2D eigenvalue weighted by molar-refractivity contribution is 0.508. The Bertz CT molecular complexity index is 839. The lowest BCUT2D eigenvalue weighted by Gasteiger charge is -2.36. The van der Waals surface area contributed by atoms with E-state index >= 15 is 0 Å². The van der Waals surface area contributed by atoms with Gasteiger partial charge in [0, 0.05) is 19.0 Å². The minimum Gasteiger partial charge on any atom is -0.245 e. The van der Waals surface area contributed by atoms with Crippen LogP contribution in [0, 0.1) is 0 Å². The van der Waals surface area contributed by atoms with Crippen LogP contribution in [0.15, 0.2) is 46.5 Å². The standard InChI is InChI=1S/C17H27N3O2S2Si/c1-17(2,3)25(6,7)16-18-13-15(20(16)24(21,22)19(4)5)23-14-11-9-8-10-12-14/h8-13H,1-7H3. The molecule has 2 rings (SSSR count). The third-order valence-corrected chi connectivity index (χ3v) is 13.0. The number of rotatable bonds is 5. The summed E-state index contributed by atoms with van der Waals surface area (Å²) in [7, 11) is -2.69. The lowest BCUT2D eigenvalue weighted by atomic mass is 10.2. The van der Waals surface area contributed by atoms with Gasteiger partial charge in [-0.25, -0.2) is 8.96 Å². The normalized spacial score (nSPS) is 13.4. The van der Waals surface area contributed by atoms with Gasteiger partial charge in [-0.2, -0.15) is 12.7 Å². The van der Waals surface area contributed by atoms with E-state index in [1.165, 1.54) is 20.0 Å². The van der Waals surface area contributed by atoms with E-state index in [-0.39, 0.29) is 5.04 Å². The Kier molecular flexibility index (Phi) is 5.58. The van der Waals surface area contributed by atoms with Crippen molar-refractivity contribution in [2.45, 2.75) is 48.8 Å². The molecule has 0 aliphatic heterocycles. The van der Waals surface area contributed by atoms with Gasteiger partial charge in [0.2, 0.25) is 0 Å². The molecule has 1 aromatic carbocycles. The van der Waals surface area contributed by atoms with Crippen molar-refractivity contribution < 1.29 is 8.42 Å². The molecule has 0 atom stereocenters.